The molecule has 5 rings (SSSR count). The lowest BCUT2D eigenvalue weighted by molar-refractivity contribution is -0.149. The molecule has 1 aliphatic carbocycles. The Labute approximate surface area is 608 Å². The summed E-state index contributed by atoms with van der Waals surface area (Å²) in [5.74, 6) is -8.01. The molecule has 0 spiro atoms. The summed E-state index contributed by atoms with van der Waals surface area (Å²) in [5, 5.41) is 10.4. The van der Waals surface area contributed by atoms with E-state index in [2.05, 4.69) is 26.0 Å². The minimum Gasteiger partial charge on any atom is -0.445 e. The molecular weight excluding hydrogens is 1340 g/mol. The Balaban J connectivity index is 1.19. The number of carbonyl (C=O) groups excluding carboxylic acids is 12. The maximum Gasteiger partial charge on any atom is 0.410 e. The van der Waals surface area contributed by atoms with Gasteiger partial charge in [0, 0.05) is 103 Å². The van der Waals surface area contributed by atoms with Crippen LogP contribution in [0.4, 0.5) is 15.3 Å². The summed E-state index contributed by atoms with van der Waals surface area (Å²) in [4.78, 5) is 168. The maximum absolute atomic E-state index is 15.0. The van der Waals surface area contributed by atoms with E-state index in [-0.39, 0.29) is 104 Å². The zero-order valence-electron chi connectivity index (χ0n) is 62.6. The van der Waals surface area contributed by atoms with Gasteiger partial charge in [-0.3, -0.25) is 57.6 Å². The van der Waals surface area contributed by atoms with Gasteiger partial charge in [-0.25, -0.2) is 18.0 Å². The first-order valence-electron chi connectivity index (χ1n) is 36.5. The number of ether oxygens (including phenoxy) is 3. The van der Waals surface area contributed by atoms with Crippen molar-refractivity contribution in [3.8, 4) is 0 Å². The van der Waals surface area contributed by atoms with Crippen molar-refractivity contribution in [2.24, 2.45) is 47.2 Å². The third-order valence-corrected chi connectivity index (χ3v) is 21.9. The van der Waals surface area contributed by atoms with Crippen LogP contribution in [-0.4, -0.2) is 195 Å². The number of amides is 11. The van der Waals surface area contributed by atoms with Crippen LogP contribution in [0.5, 0.6) is 0 Å². The molecule has 0 aromatic heterocycles. The highest BCUT2D eigenvalue weighted by atomic mass is 32.2. The molecule has 11 atom stereocenters. The zero-order chi connectivity index (χ0) is 76.4. The number of nitrogens with zero attached hydrogens (tertiary/aromatic N) is 4. The summed E-state index contributed by atoms with van der Waals surface area (Å²) < 4.78 is 45.8. The van der Waals surface area contributed by atoms with Crippen LogP contribution >= 0.6 is 0 Å². The number of primary amides is 1. The van der Waals surface area contributed by atoms with Crippen LogP contribution in [0.3, 0.4) is 0 Å². The van der Waals surface area contributed by atoms with Crippen molar-refractivity contribution in [3.05, 3.63) is 77.9 Å². The fourth-order valence-corrected chi connectivity index (χ4v) is 15.1. The number of likely N-dealkylation sites (N-methyl/N-ethyl adjacent to an activating group) is 2. The number of imide groups is 1. The second-order valence-corrected chi connectivity index (χ2v) is 30.8. The van der Waals surface area contributed by atoms with E-state index in [9.17, 15) is 66.0 Å². The summed E-state index contributed by atoms with van der Waals surface area (Å²) in [6.07, 6.45) is 5.85. The highest BCUT2D eigenvalue weighted by molar-refractivity contribution is 7.91. The van der Waals surface area contributed by atoms with Gasteiger partial charge < -0.3 is 55.9 Å². The molecule has 0 bridgehead atoms. The molecule has 0 unspecified atom stereocenters. The predicted octanol–water partition coefficient (Wildman–Crippen LogP) is 7.14. The Hall–Kier alpha value is -8.11. The molecule has 3 aliphatic rings. The van der Waals surface area contributed by atoms with Crippen LogP contribution in [0.1, 0.15) is 176 Å². The number of urea groups is 1. The minimum atomic E-state index is -3.93. The molecule has 2 aliphatic heterocycles. The SMILES string of the molecule is CC[C@H](C)[C@@H]([C@@H](CC(=O)N1CCC[C@H]1[C@H](OC)[C@@H](C)C(=O)N[C@@H](Cc1ccccc1)C(=O)NS(=O)(=O)C1CC1)OC)N(C)C(=O)[C@@H](CC(=O)[C@H](C(C)C)N(C)C(=O)OCc1ccc(NC(=O)[C@H](CCCCCNC(N)=O)CC(=O)[C@@H](NC(=O)CCCCCN2C(=O)C=CC2=O)C(C)C)cc1)C(C)C. The monoisotopic (exact) mass is 1460 g/mol. The Morgan fingerprint density at radius 3 is 1.92 bits per heavy atom. The average Bonchev–Trinajstić information content (AvgIpc) is 1.80. The number of benzene rings is 2. The second-order valence-electron chi connectivity index (χ2n) is 28.9. The molecule has 572 valence electrons. The van der Waals surface area contributed by atoms with E-state index in [1.165, 1.54) is 38.3 Å². The van der Waals surface area contributed by atoms with Gasteiger partial charge in [0.05, 0.1) is 54.0 Å². The number of Topliss-reactive ketones (excluding diaryl/α,β-unsaturated/α-hetero) is 2. The minimum absolute atomic E-state index is 0.0221. The van der Waals surface area contributed by atoms with Crippen molar-refractivity contribution in [2.75, 3.05) is 53.3 Å². The number of sulfonamides is 1. The molecule has 1 saturated heterocycles. The van der Waals surface area contributed by atoms with Gasteiger partial charge in [0.2, 0.25) is 39.6 Å². The number of hydrogen-bond donors (Lipinski definition) is 6. The van der Waals surface area contributed by atoms with Gasteiger partial charge in [0.1, 0.15) is 12.6 Å². The van der Waals surface area contributed by atoms with Crippen LogP contribution in [0.25, 0.3) is 0 Å². The van der Waals surface area contributed by atoms with Gasteiger partial charge in [-0.1, -0.05) is 130 Å². The number of rotatable bonds is 45. The van der Waals surface area contributed by atoms with Crippen LogP contribution in [-0.2, 0) is 85.2 Å². The summed E-state index contributed by atoms with van der Waals surface area (Å²) in [5.41, 5.74) is 6.88. The van der Waals surface area contributed by atoms with Crippen molar-refractivity contribution < 1.29 is 80.2 Å². The van der Waals surface area contributed by atoms with Crippen molar-refractivity contribution in [1.82, 2.24) is 40.3 Å². The molecule has 27 nitrogen and oxygen atoms in total. The van der Waals surface area contributed by atoms with E-state index in [1.807, 2.05) is 27.7 Å². The smallest absolute Gasteiger partial charge is 0.410 e. The molecule has 7 N–H and O–H groups in total. The van der Waals surface area contributed by atoms with E-state index >= 15 is 0 Å². The number of nitrogens with two attached hydrogens (primary N) is 1. The van der Waals surface area contributed by atoms with Gasteiger partial charge in [0.15, 0.2) is 11.6 Å². The average molecular weight is 1460 g/mol. The summed E-state index contributed by atoms with van der Waals surface area (Å²) in [7, 11) is 2.12. The van der Waals surface area contributed by atoms with E-state index in [1.54, 1.807) is 106 Å². The first kappa shape index (κ1) is 85.5. The van der Waals surface area contributed by atoms with Crippen LogP contribution < -0.4 is 31.7 Å². The van der Waals surface area contributed by atoms with Crippen molar-refractivity contribution >= 4 is 86.7 Å². The highest BCUT2D eigenvalue weighted by Gasteiger charge is 2.45. The highest BCUT2D eigenvalue weighted by Crippen LogP contribution is 2.33. The molecule has 11 amide bonds. The molecule has 2 aromatic carbocycles. The standard InChI is InChI=1S/C75H114N10O17S/c1-14-49(8)68(61(100-12)44-65(91)84-40-24-28-58(84)69(101-13)50(9)70(92)79-57(41-51-25-18-15-19-26-51)72(94)81-103(98,99)55-34-35-55)82(10)73(95)56(46(2)3)43-60(87)67(48(6)7)83(11)75(97)102-45-52-30-32-54(33-31-52)78-71(93)53(27-20-16-22-38-77-74(76)96)42-59(86)66(47(4)5)80-62(88)29-21-17-23-39-85-63(89)36-37-64(85)90/h15,18-19,25-26,30-33,36-37,46-50,53,55-58,61,66-69H,14,16-17,20-24,27-29,34-35,38-45H2,1-13H3,(H,78,93)(H,79,92)(H,80,88)(H,81,94)(H3,76,77,96)/t49-,50+,53+,56-,57-,58-,61+,66-,67-,68-,69+/m0/s1. The maximum atomic E-state index is 15.0. The van der Waals surface area contributed by atoms with Gasteiger partial charge in [-0.2, -0.15) is 0 Å². The summed E-state index contributed by atoms with van der Waals surface area (Å²) in [6.45, 7) is 17.2. The van der Waals surface area contributed by atoms with E-state index in [0.717, 1.165) is 4.90 Å². The lowest BCUT2D eigenvalue weighted by Crippen LogP contribution is -2.55. The number of nitrogens with one attached hydrogen (secondary N) is 5. The van der Waals surface area contributed by atoms with E-state index in [0.29, 0.717) is 107 Å². The summed E-state index contributed by atoms with van der Waals surface area (Å²) in [6, 6.07) is 10.5. The molecule has 1 saturated carbocycles. The van der Waals surface area contributed by atoms with Crippen LogP contribution in [0.2, 0.25) is 0 Å². The second kappa shape index (κ2) is 41.4. The number of hydrogen-bond acceptors (Lipinski definition) is 17. The Morgan fingerprint density at radius 2 is 1.34 bits per heavy atom. The van der Waals surface area contributed by atoms with Gasteiger partial charge >= 0.3 is 12.1 Å². The number of unbranched alkanes of at least 4 members (excludes halogenated alkanes) is 4. The number of likely N-dealkylation sites (tertiary alicyclic amines) is 1. The number of anilines is 1. The lowest BCUT2D eigenvalue weighted by atomic mass is 9.83. The predicted molar refractivity (Wildman–Crippen MR) is 388 cm³/mol. The first-order chi connectivity index (χ1) is 48.7. The molecule has 103 heavy (non-hydrogen) atoms. The van der Waals surface area contributed by atoms with E-state index in [4.69, 9.17) is 19.9 Å². The number of methoxy groups -OCH3 is 2. The van der Waals surface area contributed by atoms with Crippen molar-refractivity contribution in [1.29, 1.82) is 0 Å². The topological polar surface area (TPSA) is 366 Å². The summed E-state index contributed by atoms with van der Waals surface area (Å²) >= 11 is 0. The lowest BCUT2D eigenvalue weighted by Gasteiger charge is -2.41. The van der Waals surface area contributed by atoms with Gasteiger partial charge in [-0.05, 0) is 98.3 Å². The molecular formula is C75H114N10O17S. The van der Waals surface area contributed by atoms with Crippen molar-refractivity contribution in [2.45, 2.75) is 226 Å². The molecule has 2 fully saturated rings. The third kappa shape index (κ3) is 25.9. The Kier molecular flexibility index (Phi) is 34.4. The van der Waals surface area contributed by atoms with Gasteiger partial charge in [-0.15, -0.1) is 0 Å². The Bertz CT molecular complexity index is 3350. The molecule has 28 heteroatoms. The quantitative estimate of drug-likeness (QED) is 0.0283. The van der Waals surface area contributed by atoms with E-state index < -0.39 is 111 Å². The largest absolute Gasteiger partial charge is 0.445 e. The first-order valence-corrected chi connectivity index (χ1v) is 38.0. The zero-order valence-corrected chi connectivity index (χ0v) is 63.4. The molecule has 0 radical (unpaired) electrons. The van der Waals surface area contributed by atoms with Crippen LogP contribution in [0.15, 0.2) is 66.7 Å². The van der Waals surface area contributed by atoms with Crippen molar-refractivity contribution in [3.63, 3.8) is 0 Å². The number of carbonyl (C=O) groups is 12. The Morgan fingerprint density at radius 1 is 0.689 bits per heavy atom. The van der Waals surface area contributed by atoms with Crippen LogP contribution in [0, 0.1) is 41.4 Å². The van der Waals surface area contributed by atoms with Gasteiger partial charge in [0.25, 0.3) is 17.7 Å². The normalized spacial score (nSPS) is 17.5. The number of ketones is 2. The molecule has 2 heterocycles. The fourth-order valence-electron chi connectivity index (χ4n) is 13.7. The third-order valence-electron chi connectivity index (χ3n) is 20.0. The fraction of sp³-hybridized carbons (Fsp3) is 0.653. The molecule has 2 aromatic rings.